The van der Waals surface area contributed by atoms with Gasteiger partial charge in [0.2, 0.25) is 5.91 Å². The summed E-state index contributed by atoms with van der Waals surface area (Å²) in [6, 6.07) is 16.7. The lowest BCUT2D eigenvalue weighted by Crippen LogP contribution is -2.28. The summed E-state index contributed by atoms with van der Waals surface area (Å²) >= 11 is 0. The van der Waals surface area contributed by atoms with Gasteiger partial charge in [0, 0.05) is 31.1 Å². The van der Waals surface area contributed by atoms with Crippen molar-refractivity contribution in [3.05, 3.63) is 71.5 Å². The fourth-order valence-electron chi connectivity index (χ4n) is 2.19. The van der Waals surface area contributed by atoms with Crippen LogP contribution in [-0.2, 0) is 11.3 Å². The smallest absolute Gasteiger partial charge is 0.221 e. The standard InChI is InChI=1S/C18H21FN2O/c1-14(15-7-3-2-4-8-15)20-12-11-18(22)21-13-16-9-5-6-10-17(16)19/h2-10,14,20H,11-13H2,1H3,(H,21,22). The van der Waals surface area contributed by atoms with E-state index in [1.165, 1.54) is 11.6 Å². The van der Waals surface area contributed by atoms with Gasteiger partial charge >= 0.3 is 0 Å². The Morgan fingerprint density at radius 2 is 1.77 bits per heavy atom. The largest absolute Gasteiger partial charge is 0.352 e. The summed E-state index contributed by atoms with van der Waals surface area (Å²) in [4.78, 5) is 11.8. The number of amides is 1. The number of halogens is 1. The summed E-state index contributed by atoms with van der Waals surface area (Å²) in [7, 11) is 0. The average molecular weight is 300 g/mol. The lowest BCUT2D eigenvalue weighted by Gasteiger charge is -2.14. The van der Waals surface area contributed by atoms with Gasteiger partial charge in [-0.2, -0.15) is 0 Å². The molecule has 0 aliphatic rings. The fourth-order valence-corrected chi connectivity index (χ4v) is 2.19. The lowest BCUT2D eigenvalue weighted by atomic mass is 10.1. The van der Waals surface area contributed by atoms with Gasteiger partial charge in [-0.1, -0.05) is 48.5 Å². The molecule has 0 radical (unpaired) electrons. The van der Waals surface area contributed by atoms with Crippen molar-refractivity contribution in [2.45, 2.75) is 25.9 Å². The van der Waals surface area contributed by atoms with Crippen LogP contribution in [0.15, 0.2) is 54.6 Å². The third-order valence-electron chi connectivity index (χ3n) is 3.54. The normalized spacial score (nSPS) is 11.9. The first-order valence-corrected chi connectivity index (χ1v) is 7.45. The minimum absolute atomic E-state index is 0.0870. The fraction of sp³-hybridized carbons (Fsp3) is 0.278. The molecule has 1 amide bonds. The van der Waals surface area contributed by atoms with Crippen LogP contribution in [0.2, 0.25) is 0 Å². The van der Waals surface area contributed by atoms with Gasteiger partial charge in [0.1, 0.15) is 5.82 Å². The maximum Gasteiger partial charge on any atom is 0.221 e. The van der Waals surface area contributed by atoms with Crippen molar-refractivity contribution in [3.8, 4) is 0 Å². The molecule has 22 heavy (non-hydrogen) atoms. The number of carbonyl (C=O) groups excluding carboxylic acids is 1. The Hall–Kier alpha value is -2.20. The number of hydrogen-bond donors (Lipinski definition) is 2. The topological polar surface area (TPSA) is 41.1 Å². The van der Waals surface area contributed by atoms with E-state index in [9.17, 15) is 9.18 Å². The van der Waals surface area contributed by atoms with Gasteiger partial charge in [0.15, 0.2) is 0 Å². The number of carbonyl (C=O) groups is 1. The lowest BCUT2D eigenvalue weighted by molar-refractivity contribution is -0.121. The van der Waals surface area contributed by atoms with Gasteiger partial charge in [-0.25, -0.2) is 4.39 Å². The molecule has 3 nitrogen and oxygen atoms in total. The number of nitrogens with one attached hydrogen (secondary N) is 2. The van der Waals surface area contributed by atoms with Gasteiger partial charge in [0.05, 0.1) is 0 Å². The predicted octanol–water partition coefficient (Wildman–Crippen LogP) is 3.18. The number of rotatable bonds is 7. The van der Waals surface area contributed by atoms with Gasteiger partial charge in [-0.3, -0.25) is 4.79 Å². The molecular formula is C18H21FN2O. The van der Waals surface area contributed by atoms with E-state index in [2.05, 4.69) is 29.7 Å². The molecule has 0 heterocycles. The van der Waals surface area contributed by atoms with Crippen LogP contribution in [0.3, 0.4) is 0 Å². The van der Waals surface area contributed by atoms with Gasteiger partial charge in [0.25, 0.3) is 0 Å². The first kappa shape index (κ1) is 16.2. The Morgan fingerprint density at radius 3 is 2.50 bits per heavy atom. The highest BCUT2D eigenvalue weighted by molar-refractivity contribution is 5.76. The molecule has 2 aromatic rings. The molecule has 4 heteroatoms. The zero-order chi connectivity index (χ0) is 15.8. The van der Waals surface area contributed by atoms with E-state index in [1.54, 1.807) is 18.2 Å². The Bertz CT molecular complexity index is 601. The summed E-state index contributed by atoms with van der Waals surface area (Å²) in [5.41, 5.74) is 1.69. The van der Waals surface area contributed by atoms with E-state index < -0.39 is 0 Å². The predicted molar refractivity (Wildman–Crippen MR) is 85.7 cm³/mol. The van der Waals surface area contributed by atoms with Gasteiger partial charge in [-0.15, -0.1) is 0 Å². The zero-order valence-corrected chi connectivity index (χ0v) is 12.7. The van der Waals surface area contributed by atoms with Crippen molar-refractivity contribution in [1.29, 1.82) is 0 Å². The van der Waals surface area contributed by atoms with Gasteiger partial charge in [-0.05, 0) is 18.6 Å². The first-order valence-electron chi connectivity index (χ1n) is 7.45. The molecule has 2 rings (SSSR count). The van der Waals surface area contributed by atoms with Crippen LogP contribution in [0.25, 0.3) is 0 Å². The molecular weight excluding hydrogens is 279 g/mol. The van der Waals surface area contributed by atoms with Crippen molar-refractivity contribution >= 4 is 5.91 Å². The molecule has 2 N–H and O–H groups in total. The second-order valence-corrected chi connectivity index (χ2v) is 5.20. The van der Waals surface area contributed by atoms with Crippen molar-refractivity contribution in [1.82, 2.24) is 10.6 Å². The van der Waals surface area contributed by atoms with Crippen molar-refractivity contribution < 1.29 is 9.18 Å². The summed E-state index contributed by atoms with van der Waals surface area (Å²) < 4.78 is 13.4. The Kier molecular flexibility index (Phi) is 6.10. The number of benzene rings is 2. The van der Waals surface area contributed by atoms with E-state index in [-0.39, 0.29) is 24.3 Å². The molecule has 1 atom stereocenters. The minimum atomic E-state index is -0.293. The highest BCUT2D eigenvalue weighted by Crippen LogP contribution is 2.10. The Labute approximate surface area is 130 Å². The first-order chi connectivity index (χ1) is 10.7. The molecule has 0 spiro atoms. The van der Waals surface area contributed by atoms with E-state index in [4.69, 9.17) is 0 Å². The summed E-state index contributed by atoms with van der Waals surface area (Å²) in [6.07, 6.45) is 0.367. The Balaban J connectivity index is 1.69. The van der Waals surface area contributed by atoms with E-state index in [1.807, 2.05) is 18.2 Å². The van der Waals surface area contributed by atoms with Crippen LogP contribution in [0, 0.1) is 5.82 Å². The van der Waals surface area contributed by atoms with E-state index >= 15 is 0 Å². The maximum absolute atomic E-state index is 13.4. The molecule has 0 saturated carbocycles. The number of hydrogen-bond acceptors (Lipinski definition) is 2. The molecule has 0 aromatic heterocycles. The highest BCUT2D eigenvalue weighted by Gasteiger charge is 2.07. The summed E-state index contributed by atoms with van der Waals surface area (Å²) in [5, 5.41) is 6.04. The molecule has 0 bridgehead atoms. The zero-order valence-electron chi connectivity index (χ0n) is 12.7. The van der Waals surface area contributed by atoms with E-state index in [0.717, 1.165) is 0 Å². The quantitative estimate of drug-likeness (QED) is 0.824. The van der Waals surface area contributed by atoms with Crippen molar-refractivity contribution in [2.24, 2.45) is 0 Å². The van der Waals surface area contributed by atoms with Gasteiger partial charge < -0.3 is 10.6 Å². The van der Waals surface area contributed by atoms with Crippen LogP contribution in [0.1, 0.15) is 30.5 Å². The minimum Gasteiger partial charge on any atom is -0.352 e. The van der Waals surface area contributed by atoms with Crippen molar-refractivity contribution in [2.75, 3.05) is 6.54 Å². The second kappa shape index (κ2) is 8.29. The van der Waals surface area contributed by atoms with E-state index in [0.29, 0.717) is 18.5 Å². The van der Waals surface area contributed by atoms with Crippen LogP contribution in [-0.4, -0.2) is 12.5 Å². The molecule has 1 unspecified atom stereocenters. The molecule has 0 aliphatic carbocycles. The SMILES string of the molecule is CC(NCCC(=O)NCc1ccccc1F)c1ccccc1. The third-order valence-corrected chi connectivity index (χ3v) is 3.54. The van der Waals surface area contributed by atoms with Crippen LogP contribution >= 0.6 is 0 Å². The molecule has 0 aliphatic heterocycles. The second-order valence-electron chi connectivity index (χ2n) is 5.20. The van der Waals surface area contributed by atoms with Crippen LogP contribution in [0.5, 0.6) is 0 Å². The average Bonchev–Trinajstić information content (AvgIpc) is 2.55. The van der Waals surface area contributed by atoms with Crippen LogP contribution < -0.4 is 10.6 Å². The molecule has 116 valence electrons. The maximum atomic E-state index is 13.4. The molecule has 2 aromatic carbocycles. The third kappa shape index (κ3) is 4.97. The summed E-state index contributed by atoms with van der Waals surface area (Å²) in [5.74, 6) is -0.380. The summed E-state index contributed by atoms with van der Waals surface area (Å²) in [6.45, 7) is 2.87. The molecule has 0 fully saturated rings. The monoisotopic (exact) mass is 300 g/mol. The molecule has 0 saturated heterocycles. The van der Waals surface area contributed by atoms with Crippen molar-refractivity contribution in [3.63, 3.8) is 0 Å². The highest BCUT2D eigenvalue weighted by atomic mass is 19.1. The van der Waals surface area contributed by atoms with Crippen LogP contribution in [0.4, 0.5) is 4.39 Å². The Morgan fingerprint density at radius 1 is 1.09 bits per heavy atom.